The second-order valence-corrected chi connectivity index (χ2v) is 8.30. The molecule has 1 aliphatic carbocycles. The standard InChI is InChI=1S/C27H24N2O.ClH/c1-17-20-15-16-28-27(20)26-23(29-17)13-14-24(30-19-8-3-2-4-9-19)25(26)22-12-11-18-7-5-6-10-21(18)22;/h2-10,13-14,22,28H,11-12,15-16H2,1H3;1H. The molecule has 156 valence electrons. The van der Waals surface area contributed by atoms with Crippen molar-refractivity contribution in [2.75, 3.05) is 11.9 Å². The molecule has 4 heteroatoms. The number of pyridine rings is 1. The van der Waals surface area contributed by atoms with Crippen LogP contribution in [0.5, 0.6) is 11.5 Å². The van der Waals surface area contributed by atoms with Gasteiger partial charge in [-0.05, 0) is 67.1 Å². The minimum Gasteiger partial charge on any atom is -0.457 e. The van der Waals surface area contributed by atoms with Crippen molar-refractivity contribution in [2.24, 2.45) is 0 Å². The zero-order valence-corrected chi connectivity index (χ0v) is 18.3. The molecule has 1 aromatic heterocycles. The molecule has 0 amide bonds. The maximum Gasteiger partial charge on any atom is 0.132 e. The maximum absolute atomic E-state index is 6.48. The number of benzene rings is 3. The van der Waals surface area contributed by atoms with Crippen LogP contribution in [0.4, 0.5) is 5.69 Å². The van der Waals surface area contributed by atoms with Gasteiger partial charge in [-0.2, -0.15) is 0 Å². The summed E-state index contributed by atoms with van der Waals surface area (Å²) < 4.78 is 6.48. The van der Waals surface area contributed by atoms with Gasteiger partial charge in [0, 0.05) is 34.8 Å². The maximum atomic E-state index is 6.48. The first-order valence-electron chi connectivity index (χ1n) is 10.8. The molecule has 6 rings (SSSR count). The number of nitrogens with zero attached hydrogens (tertiary/aromatic N) is 1. The topological polar surface area (TPSA) is 34.1 Å². The minimum absolute atomic E-state index is 0. The van der Waals surface area contributed by atoms with Gasteiger partial charge in [-0.25, -0.2) is 0 Å². The molecule has 3 nitrogen and oxygen atoms in total. The van der Waals surface area contributed by atoms with Gasteiger partial charge in [0.2, 0.25) is 0 Å². The summed E-state index contributed by atoms with van der Waals surface area (Å²) in [7, 11) is 0. The van der Waals surface area contributed by atoms with E-state index in [1.165, 1.54) is 33.3 Å². The molecule has 2 heterocycles. The van der Waals surface area contributed by atoms with Crippen LogP contribution in [0.15, 0.2) is 66.7 Å². The number of anilines is 1. The van der Waals surface area contributed by atoms with Gasteiger partial charge in [0.1, 0.15) is 11.5 Å². The molecule has 2 aliphatic rings. The SMILES string of the molecule is Cc1nc2ccc(Oc3ccccc3)c(C3CCc4ccccc43)c2c2c1CCN2.Cl. The summed E-state index contributed by atoms with van der Waals surface area (Å²) in [6, 6.07) is 23.2. The van der Waals surface area contributed by atoms with Crippen LogP contribution in [0.2, 0.25) is 0 Å². The fraction of sp³-hybridized carbons (Fsp3) is 0.222. The Bertz CT molecular complexity index is 1270. The van der Waals surface area contributed by atoms with Gasteiger partial charge in [0.05, 0.1) is 5.52 Å². The summed E-state index contributed by atoms with van der Waals surface area (Å²) in [6.07, 6.45) is 3.25. The van der Waals surface area contributed by atoms with E-state index in [2.05, 4.69) is 48.6 Å². The second kappa shape index (κ2) is 7.90. The number of hydrogen-bond acceptors (Lipinski definition) is 3. The lowest BCUT2D eigenvalue weighted by atomic mass is 9.88. The molecule has 0 bridgehead atoms. The highest BCUT2D eigenvalue weighted by Crippen LogP contribution is 2.48. The van der Waals surface area contributed by atoms with Crippen LogP contribution in [-0.2, 0) is 12.8 Å². The number of halogens is 1. The Morgan fingerprint density at radius 1 is 0.935 bits per heavy atom. The lowest BCUT2D eigenvalue weighted by Gasteiger charge is -2.22. The Hall–Kier alpha value is -3.04. The third kappa shape index (κ3) is 3.24. The first-order valence-corrected chi connectivity index (χ1v) is 10.8. The van der Waals surface area contributed by atoms with Gasteiger partial charge in [-0.15, -0.1) is 12.4 Å². The summed E-state index contributed by atoms with van der Waals surface area (Å²) in [4.78, 5) is 4.99. The predicted molar refractivity (Wildman–Crippen MR) is 129 cm³/mol. The van der Waals surface area contributed by atoms with E-state index in [0.717, 1.165) is 48.5 Å². The van der Waals surface area contributed by atoms with Gasteiger partial charge < -0.3 is 10.1 Å². The number of aromatic nitrogens is 1. The number of aryl methyl sites for hydroxylation is 2. The molecule has 1 unspecified atom stereocenters. The van der Waals surface area contributed by atoms with Crippen molar-refractivity contribution < 1.29 is 4.74 Å². The molecule has 1 atom stereocenters. The van der Waals surface area contributed by atoms with Crippen molar-refractivity contribution in [3.05, 3.63) is 94.7 Å². The summed E-state index contributed by atoms with van der Waals surface area (Å²) in [5, 5.41) is 4.91. The molecular formula is C27H25ClN2O. The number of nitrogens with one attached hydrogen (secondary N) is 1. The van der Waals surface area contributed by atoms with Gasteiger partial charge in [-0.3, -0.25) is 4.98 Å². The fourth-order valence-electron chi connectivity index (χ4n) is 5.25. The van der Waals surface area contributed by atoms with E-state index in [0.29, 0.717) is 5.92 Å². The predicted octanol–water partition coefficient (Wildman–Crippen LogP) is 6.80. The number of rotatable bonds is 3. The highest BCUT2D eigenvalue weighted by atomic mass is 35.5. The Kier molecular flexibility index (Phi) is 5.07. The van der Waals surface area contributed by atoms with Crippen LogP contribution < -0.4 is 10.1 Å². The zero-order chi connectivity index (χ0) is 20.1. The quantitative estimate of drug-likeness (QED) is 0.389. The lowest BCUT2D eigenvalue weighted by molar-refractivity contribution is 0.474. The van der Waals surface area contributed by atoms with Gasteiger partial charge in [0.25, 0.3) is 0 Å². The monoisotopic (exact) mass is 428 g/mol. The number of fused-ring (bicyclic) bond motifs is 4. The van der Waals surface area contributed by atoms with E-state index in [1.54, 1.807) is 0 Å². The second-order valence-electron chi connectivity index (χ2n) is 8.30. The van der Waals surface area contributed by atoms with Crippen molar-refractivity contribution in [1.82, 2.24) is 4.98 Å². The number of hydrogen-bond donors (Lipinski definition) is 1. The Balaban J connectivity index is 0.00000204. The molecule has 3 aromatic carbocycles. The molecule has 4 aromatic rings. The number of para-hydroxylation sites is 1. The van der Waals surface area contributed by atoms with E-state index in [-0.39, 0.29) is 12.4 Å². The van der Waals surface area contributed by atoms with Crippen LogP contribution >= 0.6 is 12.4 Å². The molecule has 0 radical (unpaired) electrons. The van der Waals surface area contributed by atoms with Crippen LogP contribution in [-0.4, -0.2) is 11.5 Å². The molecule has 0 fully saturated rings. The summed E-state index contributed by atoms with van der Waals surface area (Å²) in [6.45, 7) is 3.10. The first kappa shape index (κ1) is 19.9. The van der Waals surface area contributed by atoms with Crippen molar-refractivity contribution in [2.45, 2.75) is 32.1 Å². The Morgan fingerprint density at radius 3 is 2.61 bits per heavy atom. The van der Waals surface area contributed by atoms with Gasteiger partial charge in [0.15, 0.2) is 0 Å². The van der Waals surface area contributed by atoms with E-state index < -0.39 is 0 Å². The largest absolute Gasteiger partial charge is 0.457 e. The van der Waals surface area contributed by atoms with Crippen LogP contribution in [0.1, 0.15) is 40.3 Å². The average Bonchev–Trinajstić information content (AvgIpc) is 3.43. The van der Waals surface area contributed by atoms with Crippen molar-refractivity contribution >= 4 is 29.0 Å². The normalized spacial score (nSPS) is 16.4. The van der Waals surface area contributed by atoms with Gasteiger partial charge >= 0.3 is 0 Å². The van der Waals surface area contributed by atoms with E-state index in [4.69, 9.17) is 9.72 Å². The van der Waals surface area contributed by atoms with Crippen LogP contribution in [0.3, 0.4) is 0 Å². The third-order valence-electron chi connectivity index (χ3n) is 6.59. The molecule has 0 saturated carbocycles. The first-order chi connectivity index (χ1) is 14.8. The van der Waals surface area contributed by atoms with Crippen LogP contribution in [0, 0.1) is 6.92 Å². The molecule has 0 saturated heterocycles. The lowest BCUT2D eigenvalue weighted by Crippen LogP contribution is -2.04. The zero-order valence-electron chi connectivity index (χ0n) is 17.5. The smallest absolute Gasteiger partial charge is 0.132 e. The molecule has 1 aliphatic heterocycles. The van der Waals surface area contributed by atoms with E-state index in [1.807, 2.05) is 30.3 Å². The summed E-state index contributed by atoms with van der Waals surface area (Å²) >= 11 is 0. The highest BCUT2D eigenvalue weighted by molar-refractivity contribution is 5.99. The van der Waals surface area contributed by atoms with Crippen molar-refractivity contribution in [1.29, 1.82) is 0 Å². The van der Waals surface area contributed by atoms with Crippen molar-refractivity contribution in [3.8, 4) is 11.5 Å². The highest BCUT2D eigenvalue weighted by Gasteiger charge is 2.31. The minimum atomic E-state index is 0. The van der Waals surface area contributed by atoms with Crippen molar-refractivity contribution in [3.63, 3.8) is 0 Å². The molecular weight excluding hydrogens is 404 g/mol. The van der Waals surface area contributed by atoms with Crippen LogP contribution in [0.25, 0.3) is 10.9 Å². The number of ether oxygens (including phenoxy) is 1. The Labute approximate surface area is 188 Å². The Morgan fingerprint density at radius 2 is 1.74 bits per heavy atom. The molecule has 31 heavy (non-hydrogen) atoms. The van der Waals surface area contributed by atoms with E-state index >= 15 is 0 Å². The average molecular weight is 429 g/mol. The summed E-state index contributed by atoms with van der Waals surface area (Å²) in [5.74, 6) is 2.13. The fourth-order valence-corrected chi connectivity index (χ4v) is 5.25. The molecule has 1 N–H and O–H groups in total. The van der Waals surface area contributed by atoms with E-state index in [9.17, 15) is 0 Å². The summed E-state index contributed by atoms with van der Waals surface area (Å²) in [5.41, 5.74) is 8.96. The molecule has 0 spiro atoms. The van der Waals surface area contributed by atoms with Gasteiger partial charge in [-0.1, -0.05) is 42.5 Å². The third-order valence-corrected chi connectivity index (χ3v) is 6.59.